The molecule has 0 spiro atoms. The first-order valence-electron chi connectivity index (χ1n) is 10.7. The Morgan fingerprint density at radius 1 is 1.42 bits per heavy atom. The first kappa shape index (κ1) is 19.6. The van der Waals surface area contributed by atoms with Crippen molar-refractivity contribution in [3.63, 3.8) is 0 Å². The lowest BCUT2D eigenvalue weighted by atomic mass is 10.1. The minimum Gasteiger partial charge on any atom is -0.326 e. The summed E-state index contributed by atoms with van der Waals surface area (Å²) in [6, 6.07) is 9.41. The van der Waals surface area contributed by atoms with Crippen LogP contribution < -0.4 is 4.90 Å². The number of carbonyl (C=O) groups is 2. The highest BCUT2D eigenvalue weighted by atomic mass is 16.2. The maximum Gasteiger partial charge on any atom is 0.244 e. The second-order valence-electron chi connectivity index (χ2n) is 8.57. The van der Waals surface area contributed by atoms with Crippen molar-refractivity contribution in [3.05, 3.63) is 24.3 Å². The Morgan fingerprint density at radius 2 is 2.29 bits per heavy atom. The van der Waals surface area contributed by atoms with Gasteiger partial charge < -0.3 is 9.80 Å². The van der Waals surface area contributed by atoms with Gasteiger partial charge in [0.1, 0.15) is 6.04 Å². The fraction of sp³-hybridized carbons (Fsp3) is 0.524. The number of hydrogen-bond acceptors (Lipinski definition) is 7. The molecule has 2 aromatic rings. The highest BCUT2D eigenvalue weighted by Gasteiger charge is 2.50. The molecule has 0 saturated carbocycles. The van der Waals surface area contributed by atoms with Crippen LogP contribution in [0.1, 0.15) is 26.2 Å². The van der Waals surface area contributed by atoms with E-state index < -0.39 is 0 Å². The number of carbonyl (C=O) groups excluding carboxylic acids is 2. The van der Waals surface area contributed by atoms with Gasteiger partial charge in [0.2, 0.25) is 17.6 Å². The minimum absolute atomic E-state index is 0.0175. The summed E-state index contributed by atoms with van der Waals surface area (Å²) in [6.07, 6.45) is 2.39. The van der Waals surface area contributed by atoms with Crippen molar-refractivity contribution >= 4 is 17.5 Å². The Balaban J connectivity index is 1.27. The molecule has 4 heterocycles. The molecular weight excluding hydrogens is 396 g/mol. The van der Waals surface area contributed by atoms with Crippen molar-refractivity contribution in [2.24, 2.45) is 5.92 Å². The molecule has 2 amide bonds. The van der Waals surface area contributed by atoms with Crippen molar-refractivity contribution in [2.75, 3.05) is 24.5 Å². The number of likely N-dealkylation sites (tertiary alicyclic amines) is 2. The van der Waals surface area contributed by atoms with Gasteiger partial charge in [0.25, 0.3) is 0 Å². The average Bonchev–Trinajstić information content (AvgIpc) is 3.57. The van der Waals surface area contributed by atoms with Crippen molar-refractivity contribution in [3.8, 4) is 17.5 Å². The van der Waals surface area contributed by atoms with E-state index >= 15 is 0 Å². The molecule has 0 aliphatic carbocycles. The van der Waals surface area contributed by atoms with E-state index in [0.717, 1.165) is 37.1 Å². The first-order chi connectivity index (χ1) is 15.1. The van der Waals surface area contributed by atoms with Crippen LogP contribution in [0, 0.1) is 17.2 Å². The number of H-pyrrole nitrogens is 1. The fourth-order valence-electron chi connectivity index (χ4n) is 5.16. The van der Waals surface area contributed by atoms with E-state index in [4.69, 9.17) is 0 Å². The second-order valence-corrected chi connectivity index (χ2v) is 8.57. The highest BCUT2D eigenvalue weighted by Crippen LogP contribution is 2.37. The predicted molar refractivity (Wildman–Crippen MR) is 110 cm³/mol. The molecule has 2 bridgehead atoms. The number of fused-ring (bicyclic) bond motifs is 2. The Morgan fingerprint density at radius 3 is 3.03 bits per heavy atom. The number of aromatic nitrogens is 4. The molecule has 1 N–H and O–H groups in total. The fourth-order valence-corrected chi connectivity index (χ4v) is 5.16. The summed E-state index contributed by atoms with van der Waals surface area (Å²) in [5, 5.41) is 23.3. The van der Waals surface area contributed by atoms with Crippen molar-refractivity contribution in [1.82, 2.24) is 30.4 Å². The molecule has 1 aromatic heterocycles. The molecule has 3 saturated heterocycles. The number of anilines is 1. The van der Waals surface area contributed by atoms with E-state index in [-0.39, 0.29) is 35.9 Å². The minimum atomic E-state index is -0.311. The number of nitrogens with zero attached hydrogens (tertiary/aromatic N) is 7. The molecule has 4 atom stereocenters. The Kier molecular flexibility index (Phi) is 4.90. The van der Waals surface area contributed by atoms with Crippen molar-refractivity contribution in [2.45, 2.75) is 44.3 Å². The smallest absolute Gasteiger partial charge is 0.244 e. The van der Waals surface area contributed by atoms with Gasteiger partial charge in [-0.3, -0.25) is 14.5 Å². The van der Waals surface area contributed by atoms with Crippen LogP contribution in [0.2, 0.25) is 0 Å². The van der Waals surface area contributed by atoms with Gasteiger partial charge in [-0.25, -0.2) is 0 Å². The Labute approximate surface area is 179 Å². The van der Waals surface area contributed by atoms with E-state index in [2.05, 4.69) is 31.6 Å². The summed E-state index contributed by atoms with van der Waals surface area (Å²) in [6.45, 7) is 3.83. The van der Waals surface area contributed by atoms with E-state index in [1.54, 1.807) is 4.90 Å². The molecule has 0 unspecified atom stereocenters. The molecular formula is C21H24N8O2. The van der Waals surface area contributed by atoms with Crippen LogP contribution in [0.15, 0.2) is 24.3 Å². The number of aromatic amines is 1. The molecule has 3 aliphatic rings. The maximum atomic E-state index is 13.2. The molecule has 10 nitrogen and oxygen atoms in total. The zero-order valence-corrected chi connectivity index (χ0v) is 17.3. The number of hydrogen-bond donors (Lipinski definition) is 1. The van der Waals surface area contributed by atoms with Gasteiger partial charge in [0, 0.05) is 36.8 Å². The van der Waals surface area contributed by atoms with Crippen LogP contribution in [-0.2, 0) is 9.59 Å². The second kappa shape index (κ2) is 7.74. The summed E-state index contributed by atoms with van der Waals surface area (Å²) in [5.41, 5.74) is 1.63. The van der Waals surface area contributed by atoms with E-state index in [1.165, 1.54) is 0 Å². The lowest BCUT2D eigenvalue weighted by Gasteiger charge is -2.35. The molecule has 3 fully saturated rings. The van der Waals surface area contributed by atoms with Gasteiger partial charge in [0.05, 0.1) is 18.2 Å². The Hall–Kier alpha value is -3.32. The van der Waals surface area contributed by atoms with E-state index in [0.29, 0.717) is 18.9 Å². The third-order valence-corrected chi connectivity index (χ3v) is 6.61. The lowest BCUT2D eigenvalue weighted by Crippen LogP contribution is -2.52. The molecule has 1 aromatic carbocycles. The van der Waals surface area contributed by atoms with Crippen LogP contribution in [0.5, 0.6) is 0 Å². The summed E-state index contributed by atoms with van der Waals surface area (Å²) in [7, 11) is 0. The standard InChI is InChI=1S/C21H24N8O2/c1-13(20(30)28-7-3-6-16(28)10-22)11-27-12-17-9-18(27)21(31)29(17)15-5-2-4-14(8-15)19-23-25-26-24-19/h2,4-5,8,13,16-18H,3,6-7,9,11-12H2,1H3,(H,23,24,25,26)/t13-,16-,17+,18+/m0/s1. The number of piperazine rings is 1. The maximum absolute atomic E-state index is 13.2. The molecule has 0 radical (unpaired) electrons. The van der Waals surface area contributed by atoms with Gasteiger partial charge in [-0.2, -0.15) is 10.5 Å². The number of rotatable bonds is 5. The average molecular weight is 420 g/mol. The number of nitrogens with one attached hydrogen (secondary N) is 1. The van der Waals surface area contributed by atoms with Gasteiger partial charge in [0.15, 0.2) is 0 Å². The largest absolute Gasteiger partial charge is 0.326 e. The van der Waals surface area contributed by atoms with Gasteiger partial charge in [-0.1, -0.05) is 19.1 Å². The van der Waals surface area contributed by atoms with Crippen LogP contribution in [0.4, 0.5) is 5.69 Å². The zero-order chi connectivity index (χ0) is 21.5. The van der Waals surface area contributed by atoms with Crippen LogP contribution in [-0.4, -0.2) is 80.0 Å². The first-order valence-corrected chi connectivity index (χ1v) is 10.7. The monoisotopic (exact) mass is 420 g/mol. The Bertz CT molecular complexity index is 1030. The van der Waals surface area contributed by atoms with Crippen LogP contribution in [0.3, 0.4) is 0 Å². The zero-order valence-electron chi connectivity index (χ0n) is 17.3. The lowest BCUT2D eigenvalue weighted by molar-refractivity contribution is -0.136. The van der Waals surface area contributed by atoms with Crippen LogP contribution in [0.25, 0.3) is 11.4 Å². The molecule has 5 rings (SSSR count). The predicted octanol–water partition coefficient (Wildman–Crippen LogP) is 0.807. The van der Waals surface area contributed by atoms with Gasteiger partial charge in [-0.05, 0) is 36.6 Å². The summed E-state index contributed by atoms with van der Waals surface area (Å²) in [5.74, 6) is 0.336. The number of tetrazole rings is 1. The molecule has 3 aliphatic heterocycles. The topological polar surface area (TPSA) is 122 Å². The summed E-state index contributed by atoms with van der Waals surface area (Å²) >= 11 is 0. The third-order valence-electron chi connectivity index (χ3n) is 6.61. The SMILES string of the molecule is C[C@@H](CN1C[C@H]2C[C@@H]1C(=O)N2c1cccc(-c2nn[nH]n2)c1)C(=O)N1CCC[C@H]1C#N. The highest BCUT2D eigenvalue weighted by molar-refractivity contribution is 6.01. The molecule has 10 heteroatoms. The number of benzene rings is 1. The van der Waals surface area contributed by atoms with Gasteiger partial charge >= 0.3 is 0 Å². The molecule has 31 heavy (non-hydrogen) atoms. The van der Waals surface area contributed by atoms with Crippen molar-refractivity contribution in [1.29, 1.82) is 5.26 Å². The van der Waals surface area contributed by atoms with E-state index in [9.17, 15) is 14.9 Å². The summed E-state index contributed by atoms with van der Waals surface area (Å²) in [4.78, 5) is 31.7. The summed E-state index contributed by atoms with van der Waals surface area (Å²) < 4.78 is 0. The van der Waals surface area contributed by atoms with E-state index in [1.807, 2.05) is 36.1 Å². The number of amides is 2. The quantitative estimate of drug-likeness (QED) is 0.759. The molecule has 160 valence electrons. The van der Waals surface area contributed by atoms with Gasteiger partial charge in [-0.15, -0.1) is 10.2 Å². The van der Waals surface area contributed by atoms with Crippen LogP contribution >= 0.6 is 0 Å². The normalized spacial score (nSPS) is 26.5. The third kappa shape index (κ3) is 3.35. The van der Waals surface area contributed by atoms with Crippen molar-refractivity contribution < 1.29 is 9.59 Å². The number of nitriles is 1.